The number of aryl methyl sites for hydroxylation is 2. The second-order valence-corrected chi connectivity index (χ2v) is 8.58. The number of hydrogen-bond donors (Lipinski definition) is 0. The summed E-state index contributed by atoms with van der Waals surface area (Å²) in [6, 6.07) is 32.8. The van der Waals surface area contributed by atoms with Crippen molar-refractivity contribution in [2.24, 2.45) is 0 Å². The van der Waals surface area contributed by atoms with Gasteiger partial charge in [0.1, 0.15) is 0 Å². The molecule has 4 aromatic carbocycles. The molecular weight excluding hydrogens is 416 g/mol. The number of benzene rings is 4. The van der Waals surface area contributed by atoms with Crippen molar-refractivity contribution in [1.29, 1.82) is 0 Å². The number of hydrogen-bond acceptors (Lipinski definition) is 3. The number of rotatable bonds is 8. The Morgan fingerprint density at radius 2 is 0.765 bits per heavy atom. The highest BCUT2D eigenvalue weighted by molar-refractivity contribution is 6.09. The Morgan fingerprint density at radius 3 is 1.03 bits per heavy atom. The van der Waals surface area contributed by atoms with E-state index in [1.807, 2.05) is 48.5 Å². The molecule has 0 atom stereocenters. The van der Waals surface area contributed by atoms with Crippen LogP contribution in [0, 0.1) is 13.8 Å². The van der Waals surface area contributed by atoms with Crippen LogP contribution < -0.4 is 9.80 Å². The maximum atomic E-state index is 13.1. The Balaban J connectivity index is 1.51. The van der Waals surface area contributed by atoms with Crippen LogP contribution in [-0.2, 0) is 0 Å². The van der Waals surface area contributed by atoms with Gasteiger partial charge in [-0.1, -0.05) is 35.4 Å². The molecule has 0 heterocycles. The number of carbonyl (C=O) groups is 1. The Bertz CT molecular complexity index is 1130. The lowest BCUT2D eigenvalue weighted by Crippen LogP contribution is -2.16. The minimum Gasteiger partial charge on any atom is -0.342 e. The van der Waals surface area contributed by atoms with Crippen molar-refractivity contribution >= 4 is 28.5 Å². The zero-order valence-corrected chi connectivity index (χ0v) is 20.5. The Hall–Kier alpha value is -3.85. The van der Waals surface area contributed by atoms with E-state index in [1.54, 1.807) is 0 Å². The molecule has 0 unspecified atom stereocenters. The van der Waals surface area contributed by atoms with E-state index in [2.05, 4.69) is 86.0 Å². The predicted octanol–water partition coefficient (Wildman–Crippen LogP) is 7.85. The molecule has 0 amide bonds. The van der Waals surface area contributed by atoms with E-state index in [1.165, 1.54) is 11.1 Å². The van der Waals surface area contributed by atoms with Crippen LogP contribution in [-0.4, -0.2) is 18.9 Å². The molecule has 0 aliphatic heterocycles. The first kappa shape index (κ1) is 23.3. The Labute approximate surface area is 203 Å². The van der Waals surface area contributed by atoms with E-state index >= 15 is 0 Å². The van der Waals surface area contributed by atoms with Gasteiger partial charge >= 0.3 is 0 Å². The fraction of sp³-hybridized carbons (Fsp3) is 0.194. The number of ketones is 1. The fourth-order valence-electron chi connectivity index (χ4n) is 4.23. The lowest BCUT2D eigenvalue weighted by atomic mass is 10.0. The van der Waals surface area contributed by atoms with E-state index in [0.717, 1.165) is 35.8 Å². The molecular formula is C31H32N2O. The van der Waals surface area contributed by atoms with Crippen LogP contribution in [0.15, 0.2) is 97.1 Å². The number of anilines is 4. The molecule has 0 saturated carbocycles. The van der Waals surface area contributed by atoms with Crippen molar-refractivity contribution in [3.63, 3.8) is 0 Å². The predicted molar refractivity (Wildman–Crippen MR) is 144 cm³/mol. The van der Waals surface area contributed by atoms with Gasteiger partial charge < -0.3 is 9.80 Å². The van der Waals surface area contributed by atoms with Gasteiger partial charge in [0, 0.05) is 47.0 Å². The van der Waals surface area contributed by atoms with Gasteiger partial charge in [-0.25, -0.2) is 0 Å². The Morgan fingerprint density at radius 1 is 0.500 bits per heavy atom. The van der Waals surface area contributed by atoms with E-state index in [9.17, 15) is 4.79 Å². The molecule has 0 bridgehead atoms. The molecule has 0 N–H and O–H groups in total. The number of nitrogens with zero attached hydrogens (tertiary/aromatic N) is 2. The molecule has 172 valence electrons. The molecule has 0 radical (unpaired) electrons. The molecule has 0 aromatic heterocycles. The van der Waals surface area contributed by atoms with E-state index in [4.69, 9.17) is 0 Å². The molecule has 3 heteroatoms. The second kappa shape index (κ2) is 10.4. The molecule has 0 spiro atoms. The quantitative estimate of drug-likeness (QED) is 0.256. The zero-order chi connectivity index (χ0) is 24.1. The zero-order valence-electron chi connectivity index (χ0n) is 20.5. The van der Waals surface area contributed by atoms with Gasteiger partial charge in [0.15, 0.2) is 5.78 Å². The van der Waals surface area contributed by atoms with Crippen LogP contribution in [0.5, 0.6) is 0 Å². The SMILES string of the molecule is CCN(c1ccc(C)cc1)c1ccc(C(=O)c2ccc(N(CC)c3ccc(C)cc3)cc2)cc1. The molecule has 34 heavy (non-hydrogen) atoms. The summed E-state index contributed by atoms with van der Waals surface area (Å²) in [4.78, 5) is 17.6. The van der Waals surface area contributed by atoms with E-state index < -0.39 is 0 Å². The molecule has 0 saturated heterocycles. The Kier molecular flexibility index (Phi) is 7.12. The van der Waals surface area contributed by atoms with Gasteiger partial charge in [0.05, 0.1) is 0 Å². The van der Waals surface area contributed by atoms with Crippen LogP contribution >= 0.6 is 0 Å². The maximum Gasteiger partial charge on any atom is 0.193 e. The van der Waals surface area contributed by atoms with Gasteiger partial charge in [0.2, 0.25) is 0 Å². The van der Waals surface area contributed by atoms with Crippen molar-refractivity contribution in [3.8, 4) is 0 Å². The standard InChI is InChI=1S/C31H32N2O/c1-5-32(27-15-7-23(3)8-16-27)29-19-11-25(12-20-29)31(34)26-13-21-30(22-14-26)33(6-2)28-17-9-24(4)10-18-28/h7-22H,5-6H2,1-4H3. The van der Waals surface area contributed by atoms with Crippen LogP contribution in [0.1, 0.15) is 40.9 Å². The summed E-state index contributed by atoms with van der Waals surface area (Å²) in [5.74, 6) is 0.0369. The first-order chi connectivity index (χ1) is 16.5. The summed E-state index contributed by atoms with van der Waals surface area (Å²) in [6.45, 7) is 10.2. The first-order valence-electron chi connectivity index (χ1n) is 11.9. The molecule has 0 fully saturated rings. The van der Waals surface area contributed by atoms with Crippen LogP contribution in [0.4, 0.5) is 22.7 Å². The molecule has 4 aromatic rings. The minimum absolute atomic E-state index is 0.0369. The minimum atomic E-state index is 0.0369. The van der Waals surface area contributed by atoms with Crippen molar-refractivity contribution in [2.45, 2.75) is 27.7 Å². The van der Waals surface area contributed by atoms with Crippen molar-refractivity contribution < 1.29 is 4.79 Å². The molecule has 4 rings (SSSR count). The number of carbonyl (C=O) groups excluding carboxylic acids is 1. The lowest BCUT2D eigenvalue weighted by Gasteiger charge is -2.24. The van der Waals surface area contributed by atoms with Gasteiger partial charge in [-0.05, 0) is 100 Å². The van der Waals surface area contributed by atoms with E-state index in [-0.39, 0.29) is 5.78 Å². The van der Waals surface area contributed by atoms with Gasteiger partial charge in [-0.15, -0.1) is 0 Å². The summed E-state index contributed by atoms with van der Waals surface area (Å²) in [6.07, 6.45) is 0. The third kappa shape index (κ3) is 5.04. The summed E-state index contributed by atoms with van der Waals surface area (Å²) in [7, 11) is 0. The fourth-order valence-corrected chi connectivity index (χ4v) is 4.23. The summed E-state index contributed by atoms with van der Waals surface area (Å²) in [5, 5.41) is 0. The highest BCUT2D eigenvalue weighted by Crippen LogP contribution is 2.28. The summed E-state index contributed by atoms with van der Waals surface area (Å²) >= 11 is 0. The van der Waals surface area contributed by atoms with Crippen molar-refractivity contribution in [2.75, 3.05) is 22.9 Å². The summed E-state index contributed by atoms with van der Waals surface area (Å²) < 4.78 is 0. The largest absolute Gasteiger partial charge is 0.342 e. The molecule has 0 aliphatic carbocycles. The smallest absolute Gasteiger partial charge is 0.193 e. The molecule has 3 nitrogen and oxygen atoms in total. The first-order valence-corrected chi connectivity index (χ1v) is 11.9. The summed E-state index contributed by atoms with van der Waals surface area (Å²) in [5.41, 5.74) is 8.34. The second-order valence-electron chi connectivity index (χ2n) is 8.58. The highest BCUT2D eigenvalue weighted by atomic mass is 16.1. The molecule has 0 aliphatic rings. The highest BCUT2D eigenvalue weighted by Gasteiger charge is 2.13. The van der Waals surface area contributed by atoms with Gasteiger partial charge in [-0.2, -0.15) is 0 Å². The average Bonchev–Trinajstić information content (AvgIpc) is 2.87. The third-order valence-corrected chi connectivity index (χ3v) is 6.21. The maximum absolute atomic E-state index is 13.1. The van der Waals surface area contributed by atoms with E-state index in [0.29, 0.717) is 11.1 Å². The van der Waals surface area contributed by atoms with Gasteiger partial charge in [-0.3, -0.25) is 4.79 Å². The van der Waals surface area contributed by atoms with Crippen LogP contribution in [0.25, 0.3) is 0 Å². The topological polar surface area (TPSA) is 23.6 Å². The van der Waals surface area contributed by atoms with Crippen molar-refractivity contribution in [3.05, 3.63) is 119 Å². The van der Waals surface area contributed by atoms with Crippen LogP contribution in [0.3, 0.4) is 0 Å². The average molecular weight is 449 g/mol. The van der Waals surface area contributed by atoms with Crippen molar-refractivity contribution in [1.82, 2.24) is 0 Å². The third-order valence-electron chi connectivity index (χ3n) is 6.21. The monoisotopic (exact) mass is 448 g/mol. The normalized spacial score (nSPS) is 10.7. The van der Waals surface area contributed by atoms with Gasteiger partial charge in [0.25, 0.3) is 0 Å². The lowest BCUT2D eigenvalue weighted by molar-refractivity contribution is 0.103. The van der Waals surface area contributed by atoms with Crippen LogP contribution in [0.2, 0.25) is 0 Å².